The minimum atomic E-state index is -4.02. The molecule has 2 fully saturated rings. The maximum Gasteiger partial charge on any atom is 0.430 e. The van der Waals surface area contributed by atoms with Gasteiger partial charge in [0.05, 0.1) is 4.90 Å². The number of sulfonamides is 1. The van der Waals surface area contributed by atoms with Crippen molar-refractivity contribution in [1.82, 2.24) is 4.31 Å². The smallest absolute Gasteiger partial charge is 0.430 e. The van der Waals surface area contributed by atoms with E-state index >= 15 is 0 Å². The number of rotatable bonds is 2. The lowest BCUT2D eigenvalue weighted by molar-refractivity contribution is 0.0405. The zero-order chi connectivity index (χ0) is 16.7. The molecule has 0 bridgehead atoms. The zero-order valence-electron chi connectivity index (χ0n) is 13.0. The van der Waals surface area contributed by atoms with E-state index in [-0.39, 0.29) is 10.6 Å². The van der Waals surface area contributed by atoms with E-state index in [9.17, 15) is 13.2 Å². The van der Waals surface area contributed by atoms with Gasteiger partial charge in [0.2, 0.25) is 0 Å². The first-order valence-electron chi connectivity index (χ1n) is 7.66. The van der Waals surface area contributed by atoms with Gasteiger partial charge in [0.15, 0.2) is 5.60 Å². The topological polar surface area (TPSA) is 63.7 Å². The second-order valence-electron chi connectivity index (χ2n) is 6.03. The molecule has 0 radical (unpaired) electrons. The molecule has 1 aliphatic heterocycles. The predicted octanol–water partition coefficient (Wildman–Crippen LogP) is 3.51. The molecule has 1 aromatic rings. The van der Waals surface area contributed by atoms with Gasteiger partial charge in [-0.15, -0.1) is 5.73 Å². The molecule has 1 saturated carbocycles. The van der Waals surface area contributed by atoms with Gasteiger partial charge in [-0.05, 0) is 44.7 Å². The van der Waals surface area contributed by atoms with Crippen molar-refractivity contribution in [2.45, 2.75) is 49.5 Å². The Morgan fingerprint density at radius 3 is 2.35 bits per heavy atom. The number of hydrogen-bond acceptors (Lipinski definition) is 4. The standard InChI is InChI=1S/C17H19NO4S/c1-3-15-17(11-5-4-6-12-17)22-16(19)18(15)23(20,21)14-9-7-13(2)8-10-14/h7-10H,1,4-6,11-12H2,2H3. The third-order valence-electron chi connectivity index (χ3n) is 4.47. The SMILES string of the molecule is C=C=C1N(S(=O)(=O)c2ccc(C)cc2)C(=O)OC12CCCCC2. The van der Waals surface area contributed by atoms with Crippen molar-refractivity contribution in [1.29, 1.82) is 0 Å². The Kier molecular flexibility index (Phi) is 3.82. The van der Waals surface area contributed by atoms with E-state index in [0.29, 0.717) is 12.8 Å². The third-order valence-corrected chi connectivity index (χ3v) is 6.15. The first-order chi connectivity index (χ1) is 10.9. The van der Waals surface area contributed by atoms with Crippen LogP contribution in [0.5, 0.6) is 0 Å². The van der Waals surface area contributed by atoms with Gasteiger partial charge in [0.25, 0.3) is 10.0 Å². The average Bonchev–Trinajstić information content (AvgIpc) is 2.80. The summed E-state index contributed by atoms with van der Waals surface area (Å²) in [6.07, 6.45) is 3.17. The van der Waals surface area contributed by atoms with Crippen LogP contribution in [-0.4, -0.2) is 24.4 Å². The fourth-order valence-electron chi connectivity index (χ4n) is 3.26. The lowest BCUT2D eigenvalue weighted by Crippen LogP contribution is -2.36. The van der Waals surface area contributed by atoms with E-state index in [2.05, 4.69) is 12.3 Å². The first kappa shape index (κ1) is 15.8. The van der Waals surface area contributed by atoms with Crippen LogP contribution in [-0.2, 0) is 14.8 Å². The number of carbonyl (C=O) groups excluding carboxylic acids is 1. The fraction of sp³-hybridized carbons (Fsp3) is 0.412. The van der Waals surface area contributed by atoms with Crippen molar-refractivity contribution in [3.8, 4) is 0 Å². The third kappa shape index (κ3) is 2.48. The highest BCUT2D eigenvalue weighted by Crippen LogP contribution is 2.45. The molecule has 1 aliphatic carbocycles. The molecule has 1 spiro atoms. The highest BCUT2D eigenvalue weighted by molar-refractivity contribution is 7.89. The van der Waals surface area contributed by atoms with Crippen LogP contribution in [0.15, 0.2) is 47.2 Å². The van der Waals surface area contributed by atoms with Crippen molar-refractivity contribution >= 4 is 16.1 Å². The van der Waals surface area contributed by atoms with Crippen molar-refractivity contribution < 1.29 is 17.9 Å². The van der Waals surface area contributed by atoms with E-state index in [1.54, 1.807) is 12.1 Å². The summed E-state index contributed by atoms with van der Waals surface area (Å²) in [5.41, 5.74) is 2.93. The van der Waals surface area contributed by atoms with Crippen LogP contribution < -0.4 is 0 Å². The van der Waals surface area contributed by atoms with Crippen molar-refractivity contribution in [3.63, 3.8) is 0 Å². The van der Waals surface area contributed by atoms with Gasteiger partial charge in [-0.2, -0.15) is 4.31 Å². The van der Waals surface area contributed by atoms with E-state index < -0.39 is 21.7 Å². The minimum Gasteiger partial charge on any atom is -0.435 e. The molecule has 2 aliphatic rings. The van der Waals surface area contributed by atoms with Crippen LogP contribution in [0, 0.1) is 6.92 Å². The first-order valence-corrected chi connectivity index (χ1v) is 9.10. The second kappa shape index (κ2) is 5.55. The lowest BCUT2D eigenvalue weighted by Gasteiger charge is -2.31. The Balaban J connectivity index is 2.06. The highest BCUT2D eigenvalue weighted by Gasteiger charge is 2.55. The average molecular weight is 333 g/mol. The Morgan fingerprint density at radius 1 is 1.17 bits per heavy atom. The van der Waals surface area contributed by atoms with E-state index in [1.807, 2.05) is 6.92 Å². The number of ether oxygens (including phenoxy) is 1. The fourth-order valence-corrected chi connectivity index (χ4v) is 4.66. The van der Waals surface area contributed by atoms with Crippen LogP contribution in [0.2, 0.25) is 0 Å². The number of aryl methyl sites for hydroxylation is 1. The predicted molar refractivity (Wildman–Crippen MR) is 85.2 cm³/mol. The molecule has 23 heavy (non-hydrogen) atoms. The molecular weight excluding hydrogens is 314 g/mol. The second-order valence-corrected chi connectivity index (χ2v) is 7.82. The Bertz CT molecular complexity index is 782. The number of amides is 1. The molecule has 1 saturated heterocycles. The Hall–Kier alpha value is -2.04. The molecule has 1 amide bonds. The van der Waals surface area contributed by atoms with Gasteiger partial charge < -0.3 is 4.74 Å². The summed E-state index contributed by atoms with van der Waals surface area (Å²) in [7, 11) is -4.02. The molecule has 3 rings (SSSR count). The summed E-state index contributed by atoms with van der Waals surface area (Å²) in [5.74, 6) is 0. The molecule has 122 valence electrons. The summed E-state index contributed by atoms with van der Waals surface area (Å²) in [5, 5.41) is 0. The zero-order valence-corrected chi connectivity index (χ0v) is 13.9. The number of carbonyl (C=O) groups is 1. The molecule has 1 heterocycles. The molecule has 0 atom stereocenters. The summed E-state index contributed by atoms with van der Waals surface area (Å²) in [4.78, 5) is 12.4. The molecule has 0 N–H and O–H groups in total. The summed E-state index contributed by atoms with van der Waals surface area (Å²) in [6.45, 7) is 5.47. The summed E-state index contributed by atoms with van der Waals surface area (Å²) >= 11 is 0. The maximum atomic E-state index is 12.9. The van der Waals surface area contributed by atoms with Crippen LogP contribution in [0.25, 0.3) is 0 Å². The molecule has 0 aromatic heterocycles. The van der Waals surface area contributed by atoms with Crippen molar-refractivity contribution in [2.24, 2.45) is 0 Å². The van der Waals surface area contributed by atoms with Crippen LogP contribution >= 0.6 is 0 Å². The van der Waals surface area contributed by atoms with Gasteiger partial charge in [-0.1, -0.05) is 30.7 Å². The van der Waals surface area contributed by atoms with Gasteiger partial charge in [-0.25, -0.2) is 13.2 Å². The van der Waals surface area contributed by atoms with Crippen LogP contribution in [0.3, 0.4) is 0 Å². The van der Waals surface area contributed by atoms with Gasteiger partial charge in [0, 0.05) is 0 Å². The molecule has 1 aromatic carbocycles. The lowest BCUT2D eigenvalue weighted by atomic mass is 9.83. The van der Waals surface area contributed by atoms with Crippen LogP contribution in [0.4, 0.5) is 4.79 Å². The van der Waals surface area contributed by atoms with E-state index in [4.69, 9.17) is 4.74 Å². The van der Waals surface area contributed by atoms with Crippen molar-refractivity contribution in [3.05, 3.63) is 47.8 Å². The molecule has 6 heteroatoms. The van der Waals surface area contributed by atoms with Crippen LogP contribution in [0.1, 0.15) is 37.7 Å². The highest BCUT2D eigenvalue weighted by atomic mass is 32.2. The number of hydrogen-bond donors (Lipinski definition) is 0. The molecule has 5 nitrogen and oxygen atoms in total. The number of benzene rings is 1. The maximum absolute atomic E-state index is 12.9. The van der Waals surface area contributed by atoms with Gasteiger partial charge in [0.1, 0.15) is 5.70 Å². The monoisotopic (exact) mass is 333 g/mol. The van der Waals surface area contributed by atoms with E-state index in [1.165, 1.54) is 12.1 Å². The normalized spacial score (nSPS) is 20.5. The summed E-state index contributed by atoms with van der Waals surface area (Å²) in [6, 6.07) is 6.37. The Morgan fingerprint density at radius 2 is 1.78 bits per heavy atom. The largest absolute Gasteiger partial charge is 0.435 e. The molecule has 0 unspecified atom stereocenters. The Labute approximate surface area is 136 Å². The quantitative estimate of drug-likeness (QED) is 0.777. The summed E-state index contributed by atoms with van der Waals surface area (Å²) < 4.78 is 32.0. The van der Waals surface area contributed by atoms with Crippen molar-refractivity contribution in [2.75, 3.05) is 0 Å². The van der Waals surface area contributed by atoms with E-state index in [0.717, 1.165) is 29.1 Å². The number of nitrogens with zero attached hydrogens (tertiary/aromatic N) is 1. The molecular formula is C17H19NO4S. The van der Waals surface area contributed by atoms with Gasteiger partial charge >= 0.3 is 6.09 Å². The minimum absolute atomic E-state index is 0.0562. The van der Waals surface area contributed by atoms with Gasteiger partial charge in [-0.3, -0.25) is 0 Å².